The van der Waals surface area contributed by atoms with E-state index in [4.69, 9.17) is 4.42 Å². The van der Waals surface area contributed by atoms with Gasteiger partial charge in [0.1, 0.15) is 12.3 Å². The highest BCUT2D eigenvalue weighted by Crippen LogP contribution is 2.22. The molecule has 0 bridgehead atoms. The predicted molar refractivity (Wildman–Crippen MR) is 79.1 cm³/mol. The summed E-state index contributed by atoms with van der Waals surface area (Å²) in [5.74, 6) is -4.59. The van der Waals surface area contributed by atoms with E-state index in [0.717, 1.165) is 24.3 Å². The molecule has 0 spiro atoms. The summed E-state index contributed by atoms with van der Waals surface area (Å²) in [6.45, 7) is -2.04. The largest absolute Gasteiger partial charge is 0.467 e. The highest BCUT2D eigenvalue weighted by atomic mass is 32.2. The Balaban J connectivity index is 2.27. The maximum absolute atomic E-state index is 12.7. The van der Waals surface area contributed by atoms with Gasteiger partial charge in [-0.05, 0) is 36.4 Å². The van der Waals surface area contributed by atoms with Crippen molar-refractivity contribution >= 4 is 15.7 Å². The minimum atomic E-state index is -4.86. The first-order valence-corrected chi connectivity index (χ1v) is 8.56. The highest BCUT2D eigenvalue weighted by molar-refractivity contribution is 7.91. The zero-order chi connectivity index (χ0) is 19.5. The van der Waals surface area contributed by atoms with Gasteiger partial charge in [0.15, 0.2) is 0 Å². The van der Waals surface area contributed by atoms with Crippen LogP contribution in [0.15, 0.2) is 52.0 Å². The van der Waals surface area contributed by atoms with E-state index in [0.29, 0.717) is 4.90 Å². The minimum absolute atomic E-state index is 0.111. The number of sulfone groups is 1. The molecule has 1 heterocycles. The molecule has 0 saturated heterocycles. The molecular formula is C15H12F5NO4S. The van der Waals surface area contributed by atoms with Crippen molar-refractivity contribution in [2.45, 2.75) is 23.4 Å². The summed E-state index contributed by atoms with van der Waals surface area (Å²) >= 11 is 0. The van der Waals surface area contributed by atoms with E-state index in [1.54, 1.807) is 0 Å². The smallest absolute Gasteiger partial charge is 0.406 e. The molecule has 1 amide bonds. The molecule has 2 rings (SSSR count). The van der Waals surface area contributed by atoms with Gasteiger partial charge in [0.2, 0.25) is 9.84 Å². The monoisotopic (exact) mass is 397 g/mol. The molecule has 0 atom stereocenters. The number of nitrogens with zero attached hydrogens (tertiary/aromatic N) is 1. The van der Waals surface area contributed by atoms with Crippen molar-refractivity contribution in [2.24, 2.45) is 0 Å². The van der Waals surface area contributed by atoms with E-state index in [1.807, 2.05) is 0 Å². The summed E-state index contributed by atoms with van der Waals surface area (Å²) < 4.78 is 90.8. The van der Waals surface area contributed by atoms with Gasteiger partial charge < -0.3 is 9.32 Å². The number of carbonyl (C=O) groups excluding carboxylic acids is 1. The molecule has 5 nitrogen and oxygen atoms in total. The maximum Gasteiger partial charge on any atom is 0.406 e. The van der Waals surface area contributed by atoms with E-state index in [1.165, 1.54) is 18.4 Å². The number of halogens is 5. The van der Waals surface area contributed by atoms with Crippen molar-refractivity contribution in [2.75, 3.05) is 6.54 Å². The summed E-state index contributed by atoms with van der Waals surface area (Å²) in [6, 6.07) is 6.07. The van der Waals surface area contributed by atoms with Crippen LogP contribution in [0.4, 0.5) is 22.0 Å². The van der Waals surface area contributed by atoms with Crippen molar-refractivity contribution in [3.8, 4) is 0 Å². The second kappa shape index (κ2) is 7.44. The quantitative estimate of drug-likeness (QED) is 0.700. The van der Waals surface area contributed by atoms with Crippen molar-refractivity contribution in [3.63, 3.8) is 0 Å². The molecule has 1 aromatic heterocycles. The van der Waals surface area contributed by atoms with Crippen LogP contribution in [0.3, 0.4) is 0 Å². The lowest BCUT2D eigenvalue weighted by atomic mass is 10.2. The fourth-order valence-electron chi connectivity index (χ4n) is 2.08. The first kappa shape index (κ1) is 19.9. The first-order valence-electron chi connectivity index (χ1n) is 7.01. The minimum Gasteiger partial charge on any atom is -0.467 e. The third-order valence-corrected chi connectivity index (χ3v) is 4.65. The summed E-state index contributed by atoms with van der Waals surface area (Å²) in [7, 11) is -4.86. The average Bonchev–Trinajstić information content (AvgIpc) is 3.05. The Morgan fingerprint density at radius 2 is 1.73 bits per heavy atom. The van der Waals surface area contributed by atoms with Crippen LogP contribution in [0.5, 0.6) is 0 Å². The number of rotatable bonds is 6. The number of furan rings is 1. The Morgan fingerprint density at radius 3 is 2.19 bits per heavy atom. The zero-order valence-electron chi connectivity index (χ0n) is 12.9. The molecule has 0 aliphatic heterocycles. The van der Waals surface area contributed by atoms with Crippen LogP contribution in [-0.2, 0) is 16.4 Å². The lowest BCUT2D eigenvalue weighted by Gasteiger charge is -2.23. The van der Waals surface area contributed by atoms with Crippen LogP contribution < -0.4 is 0 Å². The van der Waals surface area contributed by atoms with Crippen LogP contribution >= 0.6 is 0 Å². The topological polar surface area (TPSA) is 67.6 Å². The molecule has 1 aromatic carbocycles. The van der Waals surface area contributed by atoms with Crippen molar-refractivity contribution < 1.29 is 39.6 Å². The van der Waals surface area contributed by atoms with E-state index in [-0.39, 0.29) is 11.3 Å². The standard InChI is InChI=1S/C15H12F5NO4S/c16-14(17)26(23,24)12-5-3-10(4-6-12)13(22)21(9-15(18,19)20)8-11-2-1-7-25-11/h1-7,14H,8-9H2. The molecule has 0 saturated carbocycles. The highest BCUT2D eigenvalue weighted by Gasteiger charge is 2.34. The normalized spacial score (nSPS) is 12.4. The van der Waals surface area contributed by atoms with E-state index in [9.17, 15) is 35.2 Å². The number of carbonyl (C=O) groups is 1. The Labute approximate surface area is 144 Å². The lowest BCUT2D eigenvalue weighted by molar-refractivity contribution is -0.142. The number of benzene rings is 1. The second-order valence-electron chi connectivity index (χ2n) is 5.19. The number of amides is 1. The molecule has 0 aliphatic carbocycles. The second-order valence-corrected chi connectivity index (χ2v) is 7.10. The van der Waals surface area contributed by atoms with Gasteiger partial charge in [-0.1, -0.05) is 0 Å². The average molecular weight is 397 g/mol. The van der Waals surface area contributed by atoms with E-state index in [2.05, 4.69) is 0 Å². The molecule has 0 fully saturated rings. The van der Waals surface area contributed by atoms with E-state index >= 15 is 0 Å². The molecule has 11 heteroatoms. The van der Waals surface area contributed by atoms with Crippen LogP contribution in [0, 0.1) is 0 Å². The molecule has 0 radical (unpaired) electrons. The van der Waals surface area contributed by atoms with Gasteiger partial charge in [-0.2, -0.15) is 22.0 Å². The fraction of sp³-hybridized carbons (Fsp3) is 0.267. The van der Waals surface area contributed by atoms with Crippen LogP contribution in [0.25, 0.3) is 0 Å². The zero-order valence-corrected chi connectivity index (χ0v) is 13.7. The Hall–Kier alpha value is -2.43. The van der Waals surface area contributed by atoms with Gasteiger partial charge >= 0.3 is 11.9 Å². The van der Waals surface area contributed by atoms with Gasteiger partial charge in [-0.25, -0.2) is 8.42 Å². The summed E-state index contributed by atoms with van der Waals surface area (Å²) in [6.07, 6.45) is -3.45. The number of hydrogen-bond donors (Lipinski definition) is 0. The Morgan fingerprint density at radius 1 is 1.12 bits per heavy atom. The molecule has 0 unspecified atom stereocenters. The molecule has 2 aromatic rings. The molecule has 142 valence electrons. The molecular weight excluding hydrogens is 385 g/mol. The van der Waals surface area contributed by atoms with Gasteiger partial charge in [0, 0.05) is 5.56 Å². The molecule has 26 heavy (non-hydrogen) atoms. The molecule has 0 N–H and O–H groups in total. The van der Waals surface area contributed by atoms with Crippen molar-refractivity contribution in [3.05, 3.63) is 54.0 Å². The third kappa shape index (κ3) is 4.81. The van der Waals surface area contributed by atoms with Crippen LogP contribution in [0.1, 0.15) is 16.1 Å². The predicted octanol–water partition coefficient (Wildman–Crippen LogP) is 3.48. The van der Waals surface area contributed by atoms with Gasteiger partial charge in [-0.3, -0.25) is 4.79 Å². The Bertz CT molecular complexity index is 845. The summed E-state index contributed by atoms with van der Waals surface area (Å²) in [5.41, 5.74) is -0.283. The van der Waals surface area contributed by atoms with E-state index < -0.39 is 45.7 Å². The van der Waals surface area contributed by atoms with Crippen molar-refractivity contribution in [1.29, 1.82) is 0 Å². The van der Waals surface area contributed by atoms with Crippen LogP contribution in [-0.4, -0.2) is 37.7 Å². The number of hydrogen-bond acceptors (Lipinski definition) is 4. The summed E-state index contributed by atoms with van der Waals surface area (Å²) in [4.78, 5) is 12.0. The SMILES string of the molecule is O=C(c1ccc(S(=O)(=O)C(F)F)cc1)N(Cc1ccco1)CC(F)(F)F. The Kier molecular flexibility index (Phi) is 5.69. The fourth-order valence-corrected chi connectivity index (χ4v) is 2.80. The first-order chi connectivity index (χ1) is 12.0. The van der Waals surface area contributed by atoms with Crippen LogP contribution in [0.2, 0.25) is 0 Å². The number of alkyl halides is 5. The van der Waals surface area contributed by atoms with Crippen molar-refractivity contribution in [1.82, 2.24) is 4.90 Å². The van der Waals surface area contributed by atoms with Gasteiger partial charge in [0.25, 0.3) is 5.91 Å². The summed E-state index contributed by atoms with van der Waals surface area (Å²) in [5, 5.41) is 0. The van der Waals surface area contributed by atoms with Gasteiger partial charge in [0.05, 0.1) is 17.7 Å². The third-order valence-electron chi connectivity index (χ3n) is 3.25. The van der Waals surface area contributed by atoms with Gasteiger partial charge in [-0.15, -0.1) is 0 Å². The lowest BCUT2D eigenvalue weighted by Crippen LogP contribution is -2.38. The maximum atomic E-state index is 12.7. The molecule has 0 aliphatic rings.